The summed E-state index contributed by atoms with van der Waals surface area (Å²) in [6, 6.07) is 7.32. The van der Waals surface area contributed by atoms with Crippen molar-refractivity contribution in [3.05, 3.63) is 53.1 Å². The third-order valence-corrected chi connectivity index (χ3v) is 3.41. The topological polar surface area (TPSA) is 56.7 Å². The lowest BCUT2D eigenvalue weighted by Gasteiger charge is -1.96. The smallest absolute Gasteiger partial charge is 0.226 e. The van der Waals surface area contributed by atoms with Crippen LogP contribution in [0.5, 0.6) is 0 Å². The van der Waals surface area contributed by atoms with Crippen LogP contribution in [-0.2, 0) is 6.54 Å². The van der Waals surface area contributed by atoms with Crippen LogP contribution in [0.15, 0.2) is 41.1 Å². The Balaban J connectivity index is 1.76. The third kappa shape index (κ3) is 3.25. The van der Waals surface area contributed by atoms with Gasteiger partial charge in [0.2, 0.25) is 5.89 Å². The molecule has 0 radical (unpaired) electrons. The Hall–Kier alpha value is -1.85. The zero-order chi connectivity index (χ0) is 14.8. The summed E-state index contributed by atoms with van der Waals surface area (Å²) in [6.07, 6.45) is 3.41. The molecule has 0 aliphatic heterocycles. The SMILES string of the molecule is CC(Cl)c1cn(Cc2coc(-c3ccc(Cl)cc3)n2)nn1. The normalized spacial score (nSPS) is 12.5. The summed E-state index contributed by atoms with van der Waals surface area (Å²) in [5.41, 5.74) is 2.37. The highest BCUT2D eigenvalue weighted by atomic mass is 35.5. The van der Waals surface area contributed by atoms with Crippen molar-refractivity contribution >= 4 is 23.2 Å². The molecule has 0 aliphatic rings. The van der Waals surface area contributed by atoms with Gasteiger partial charge in [0, 0.05) is 10.6 Å². The van der Waals surface area contributed by atoms with Crippen LogP contribution in [-0.4, -0.2) is 20.0 Å². The summed E-state index contributed by atoms with van der Waals surface area (Å²) in [5, 5.41) is 8.51. The van der Waals surface area contributed by atoms with Crippen LogP contribution in [0.25, 0.3) is 11.5 Å². The average Bonchev–Trinajstić information content (AvgIpc) is 3.10. The van der Waals surface area contributed by atoms with Gasteiger partial charge in [0.1, 0.15) is 17.7 Å². The van der Waals surface area contributed by atoms with E-state index in [1.54, 1.807) is 29.3 Å². The number of benzene rings is 1. The van der Waals surface area contributed by atoms with Gasteiger partial charge in [0.15, 0.2) is 0 Å². The maximum Gasteiger partial charge on any atom is 0.226 e. The summed E-state index contributed by atoms with van der Waals surface area (Å²) in [4.78, 5) is 4.43. The Morgan fingerprint density at radius 1 is 1.29 bits per heavy atom. The van der Waals surface area contributed by atoms with Crippen molar-refractivity contribution in [1.29, 1.82) is 0 Å². The average molecular weight is 323 g/mol. The summed E-state index contributed by atoms with van der Waals surface area (Å²) in [6.45, 7) is 2.33. The minimum atomic E-state index is -0.166. The molecule has 0 bridgehead atoms. The fourth-order valence-electron chi connectivity index (χ4n) is 1.84. The molecule has 0 N–H and O–H groups in total. The van der Waals surface area contributed by atoms with Gasteiger partial charge in [-0.1, -0.05) is 16.8 Å². The molecule has 3 rings (SSSR count). The van der Waals surface area contributed by atoms with Crippen LogP contribution >= 0.6 is 23.2 Å². The molecule has 2 aromatic heterocycles. The first-order valence-corrected chi connectivity index (χ1v) is 7.17. The van der Waals surface area contributed by atoms with E-state index < -0.39 is 0 Å². The number of hydrogen-bond acceptors (Lipinski definition) is 4. The molecule has 21 heavy (non-hydrogen) atoms. The van der Waals surface area contributed by atoms with E-state index in [1.807, 2.05) is 19.1 Å². The second-order valence-corrected chi connectivity index (χ2v) is 5.70. The van der Waals surface area contributed by atoms with Crippen molar-refractivity contribution in [1.82, 2.24) is 20.0 Å². The Kier molecular flexibility index (Phi) is 3.94. The molecule has 1 atom stereocenters. The van der Waals surface area contributed by atoms with Crippen molar-refractivity contribution in [3.8, 4) is 11.5 Å². The van der Waals surface area contributed by atoms with Crippen molar-refractivity contribution in [2.45, 2.75) is 18.8 Å². The predicted octanol–water partition coefficient (Wildman–Crippen LogP) is 3.93. The molecule has 0 spiro atoms. The van der Waals surface area contributed by atoms with Crippen LogP contribution in [0.2, 0.25) is 5.02 Å². The fraction of sp³-hybridized carbons (Fsp3) is 0.214. The summed E-state index contributed by atoms with van der Waals surface area (Å²) < 4.78 is 7.15. The van der Waals surface area contributed by atoms with Gasteiger partial charge in [-0.05, 0) is 31.2 Å². The number of hydrogen-bond donors (Lipinski definition) is 0. The van der Waals surface area contributed by atoms with E-state index in [9.17, 15) is 0 Å². The van der Waals surface area contributed by atoms with Crippen LogP contribution in [0.3, 0.4) is 0 Å². The predicted molar refractivity (Wildman–Crippen MR) is 80.3 cm³/mol. The summed E-state index contributed by atoms with van der Waals surface area (Å²) in [5.74, 6) is 0.549. The zero-order valence-electron chi connectivity index (χ0n) is 11.2. The molecular weight excluding hydrogens is 311 g/mol. The fourth-order valence-corrected chi connectivity index (χ4v) is 2.07. The molecule has 0 saturated heterocycles. The maximum atomic E-state index is 5.96. The van der Waals surface area contributed by atoms with Crippen LogP contribution in [0.4, 0.5) is 0 Å². The molecule has 108 valence electrons. The molecule has 1 aromatic carbocycles. The van der Waals surface area contributed by atoms with Gasteiger partial charge < -0.3 is 4.42 Å². The zero-order valence-corrected chi connectivity index (χ0v) is 12.7. The van der Waals surface area contributed by atoms with Gasteiger partial charge in [0.05, 0.1) is 18.1 Å². The highest BCUT2D eigenvalue weighted by Gasteiger charge is 2.10. The van der Waals surface area contributed by atoms with Crippen LogP contribution in [0.1, 0.15) is 23.7 Å². The Morgan fingerprint density at radius 2 is 2.05 bits per heavy atom. The number of alkyl halides is 1. The lowest BCUT2D eigenvalue weighted by Crippen LogP contribution is -2.00. The van der Waals surface area contributed by atoms with E-state index in [2.05, 4.69) is 15.3 Å². The lowest BCUT2D eigenvalue weighted by molar-refractivity contribution is 0.568. The van der Waals surface area contributed by atoms with Gasteiger partial charge in [-0.2, -0.15) is 0 Å². The Bertz CT molecular complexity index is 734. The van der Waals surface area contributed by atoms with E-state index in [0.717, 1.165) is 17.0 Å². The van der Waals surface area contributed by atoms with Crippen LogP contribution < -0.4 is 0 Å². The van der Waals surface area contributed by atoms with Gasteiger partial charge in [-0.3, -0.25) is 0 Å². The molecule has 3 aromatic rings. The van der Waals surface area contributed by atoms with Gasteiger partial charge >= 0.3 is 0 Å². The minimum Gasteiger partial charge on any atom is -0.444 e. The minimum absolute atomic E-state index is 0.166. The lowest BCUT2D eigenvalue weighted by atomic mass is 10.2. The molecule has 0 amide bonds. The number of aromatic nitrogens is 4. The molecule has 0 fully saturated rings. The molecule has 0 saturated carbocycles. The molecule has 5 nitrogen and oxygen atoms in total. The maximum absolute atomic E-state index is 5.96. The third-order valence-electron chi connectivity index (χ3n) is 2.93. The largest absolute Gasteiger partial charge is 0.444 e. The van der Waals surface area contributed by atoms with E-state index in [-0.39, 0.29) is 5.38 Å². The molecule has 7 heteroatoms. The number of halogens is 2. The van der Waals surface area contributed by atoms with Gasteiger partial charge in [-0.15, -0.1) is 16.7 Å². The molecule has 1 unspecified atom stereocenters. The first-order chi connectivity index (χ1) is 10.1. The van der Waals surface area contributed by atoms with E-state index in [1.165, 1.54) is 0 Å². The van der Waals surface area contributed by atoms with E-state index >= 15 is 0 Å². The highest BCUT2D eigenvalue weighted by Crippen LogP contribution is 2.21. The standard InChI is InChI=1S/C14H12Cl2N4O/c1-9(15)13-7-20(19-18-13)6-12-8-21-14(17-12)10-2-4-11(16)5-3-10/h2-5,7-9H,6H2,1H3. The summed E-state index contributed by atoms with van der Waals surface area (Å²) in [7, 11) is 0. The van der Waals surface area contributed by atoms with E-state index in [0.29, 0.717) is 17.5 Å². The quantitative estimate of drug-likeness (QED) is 0.683. The van der Waals surface area contributed by atoms with Crippen molar-refractivity contribution < 1.29 is 4.42 Å². The van der Waals surface area contributed by atoms with Gasteiger partial charge in [-0.25, -0.2) is 9.67 Å². The molecule has 2 heterocycles. The first-order valence-electron chi connectivity index (χ1n) is 6.36. The highest BCUT2D eigenvalue weighted by molar-refractivity contribution is 6.30. The van der Waals surface area contributed by atoms with Crippen molar-refractivity contribution in [3.63, 3.8) is 0 Å². The molecule has 0 aliphatic carbocycles. The summed E-state index contributed by atoms with van der Waals surface area (Å²) >= 11 is 11.8. The number of nitrogens with zero attached hydrogens (tertiary/aromatic N) is 4. The van der Waals surface area contributed by atoms with Crippen LogP contribution in [0, 0.1) is 0 Å². The Morgan fingerprint density at radius 3 is 2.71 bits per heavy atom. The van der Waals surface area contributed by atoms with E-state index in [4.69, 9.17) is 27.6 Å². The Labute approximate surface area is 131 Å². The number of oxazole rings is 1. The monoisotopic (exact) mass is 322 g/mol. The van der Waals surface area contributed by atoms with Gasteiger partial charge in [0.25, 0.3) is 0 Å². The molecular formula is C14H12Cl2N4O. The number of rotatable bonds is 4. The van der Waals surface area contributed by atoms with Crippen molar-refractivity contribution in [2.24, 2.45) is 0 Å². The second-order valence-electron chi connectivity index (χ2n) is 4.61. The van der Waals surface area contributed by atoms with Crippen molar-refractivity contribution in [2.75, 3.05) is 0 Å². The first kappa shape index (κ1) is 14.1. The second kappa shape index (κ2) is 5.87.